The zero-order chi connectivity index (χ0) is 12.8. The van der Waals surface area contributed by atoms with Gasteiger partial charge in [0.2, 0.25) is 0 Å². The van der Waals surface area contributed by atoms with Crippen LogP contribution in [0.25, 0.3) is 0 Å². The molecule has 1 aromatic rings. The zero-order valence-electron chi connectivity index (χ0n) is 11.3. The smallest absolute Gasteiger partial charge is 0.119 e. The van der Waals surface area contributed by atoms with Crippen molar-refractivity contribution < 1.29 is 4.74 Å². The second-order valence-electron chi connectivity index (χ2n) is 5.19. The lowest BCUT2D eigenvalue weighted by molar-refractivity contribution is 0.157. The molecule has 0 aromatic heterocycles. The van der Waals surface area contributed by atoms with E-state index >= 15 is 0 Å². The molecule has 1 fully saturated rings. The second kappa shape index (κ2) is 6.76. The minimum Gasteiger partial charge on any atom is -0.492 e. The van der Waals surface area contributed by atoms with E-state index in [1.165, 1.54) is 31.5 Å². The van der Waals surface area contributed by atoms with Crippen molar-refractivity contribution in [1.82, 2.24) is 4.90 Å². The maximum absolute atomic E-state index is 5.78. The molecule has 1 aromatic carbocycles. The molecule has 0 unspecified atom stereocenters. The van der Waals surface area contributed by atoms with Gasteiger partial charge in [-0.15, -0.1) is 0 Å². The van der Waals surface area contributed by atoms with Gasteiger partial charge in [-0.25, -0.2) is 0 Å². The number of aryl methyl sites for hydroxylation is 1. The number of piperidine rings is 1. The largest absolute Gasteiger partial charge is 0.492 e. The molecule has 3 nitrogen and oxygen atoms in total. The van der Waals surface area contributed by atoms with Crippen LogP contribution in [0.3, 0.4) is 0 Å². The summed E-state index contributed by atoms with van der Waals surface area (Å²) in [6, 6.07) is 8.23. The van der Waals surface area contributed by atoms with Crippen LogP contribution in [0.15, 0.2) is 24.3 Å². The molecule has 2 N–H and O–H groups in total. The molecule has 1 saturated heterocycles. The number of likely N-dealkylation sites (tertiary alicyclic amines) is 1. The van der Waals surface area contributed by atoms with E-state index in [0.29, 0.717) is 0 Å². The lowest BCUT2D eigenvalue weighted by Crippen LogP contribution is -2.38. The van der Waals surface area contributed by atoms with Gasteiger partial charge in [0, 0.05) is 6.54 Å². The van der Waals surface area contributed by atoms with E-state index in [1.807, 2.05) is 12.1 Å². The van der Waals surface area contributed by atoms with E-state index in [1.54, 1.807) is 0 Å². The predicted octanol–water partition coefficient (Wildman–Crippen LogP) is 2.04. The van der Waals surface area contributed by atoms with Crippen LogP contribution in [0.2, 0.25) is 0 Å². The molecule has 100 valence electrons. The highest BCUT2D eigenvalue weighted by Crippen LogP contribution is 2.16. The van der Waals surface area contributed by atoms with E-state index in [2.05, 4.69) is 24.0 Å². The van der Waals surface area contributed by atoms with Gasteiger partial charge in [0.15, 0.2) is 0 Å². The highest BCUT2D eigenvalue weighted by molar-refractivity contribution is 5.27. The van der Waals surface area contributed by atoms with Crippen molar-refractivity contribution in [2.24, 2.45) is 11.7 Å². The molecule has 18 heavy (non-hydrogen) atoms. The summed E-state index contributed by atoms with van der Waals surface area (Å²) in [4.78, 5) is 2.47. The first-order valence-electron chi connectivity index (χ1n) is 6.90. The molecule has 0 aliphatic carbocycles. The summed E-state index contributed by atoms with van der Waals surface area (Å²) in [5, 5.41) is 0. The van der Waals surface area contributed by atoms with Gasteiger partial charge in [0.05, 0.1) is 0 Å². The van der Waals surface area contributed by atoms with Gasteiger partial charge >= 0.3 is 0 Å². The summed E-state index contributed by atoms with van der Waals surface area (Å²) in [7, 11) is 0. The average Bonchev–Trinajstić information content (AvgIpc) is 2.40. The van der Waals surface area contributed by atoms with Gasteiger partial charge in [0.25, 0.3) is 0 Å². The molecule has 0 spiro atoms. The Bertz CT molecular complexity index is 359. The molecule has 0 radical (unpaired) electrons. The molecule has 0 atom stereocenters. The third-order valence-electron chi connectivity index (χ3n) is 3.71. The van der Waals surface area contributed by atoms with Crippen molar-refractivity contribution in [2.75, 3.05) is 32.8 Å². The molecule has 1 aliphatic rings. The first kappa shape index (κ1) is 13.4. The highest BCUT2D eigenvalue weighted by Gasteiger charge is 2.17. The van der Waals surface area contributed by atoms with Crippen LogP contribution in [0.5, 0.6) is 5.75 Å². The fourth-order valence-corrected chi connectivity index (χ4v) is 2.44. The number of nitrogens with zero attached hydrogens (tertiary/aromatic N) is 1. The Morgan fingerprint density at radius 3 is 2.78 bits per heavy atom. The van der Waals surface area contributed by atoms with Gasteiger partial charge in [0.1, 0.15) is 12.4 Å². The molecule has 3 heteroatoms. The number of benzene rings is 1. The van der Waals surface area contributed by atoms with Crippen molar-refractivity contribution in [2.45, 2.75) is 19.8 Å². The summed E-state index contributed by atoms with van der Waals surface area (Å²) in [5.41, 5.74) is 6.94. The molecule has 0 amide bonds. The fourth-order valence-electron chi connectivity index (χ4n) is 2.44. The second-order valence-corrected chi connectivity index (χ2v) is 5.19. The highest BCUT2D eigenvalue weighted by atomic mass is 16.5. The van der Waals surface area contributed by atoms with E-state index in [9.17, 15) is 0 Å². The predicted molar refractivity (Wildman–Crippen MR) is 74.9 cm³/mol. The SMILES string of the molecule is Cc1cccc(OCCN2CCC(CN)CC2)c1. The molecule has 1 aliphatic heterocycles. The maximum Gasteiger partial charge on any atom is 0.119 e. The zero-order valence-corrected chi connectivity index (χ0v) is 11.3. The lowest BCUT2D eigenvalue weighted by Gasteiger charge is -2.31. The van der Waals surface area contributed by atoms with Crippen molar-refractivity contribution in [3.63, 3.8) is 0 Å². The van der Waals surface area contributed by atoms with Crippen LogP contribution in [-0.2, 0) is 0 Å². The first-order chi connectivity index (χ1) is 8.78. The molecule has 1 heterocycles. The van der Waals surface area contributed by atoms with Crippen LogP contribution >= 0.6 is 0 Å². The van der Waals surface area contributed by atoms with Crippen molar-refractivity contribution in [3.05, 3.63) is 29.8 Å². The Labute approximate surface area is 110 Å². The maximum atomic E-state index is 5.78. The van der Waals surface area contributed by atoms with E-state index < -0.39 is 0 Å². The summed E-state index contributed by atoms with van der Waals surface area (Å²) in [6.45, 7) is 7.05. The number of hydrogen-bond acceptors (Lipinski definition) is 3. The third kappa shape index (κ3) is 4.00. The first-order valence-corrected chi connectivity index (χ1v) is 6.90. The normalized spacial score (nSPS) is 17.9. The van der Waals surface area contributed by atoms with Gasteiger partial charge in [-0.2, -0.15) is 0 Å². The minimum absolute atomic E-state index is 0.735. The third-order valence-corrected chi connectivity index (χ3v) is 3.71. The summed E-state index contributed by atoms with van der Waals surface area (Å²) >= 11 is 0. The van der Waals surface area contributed by atoms with E-state index in [0.717, 1.165) is 31.4 Å². The Balaban J connectivity index is 1.67. The van der Waals surface area contributed by atoms with Crippen molar-refractivity contribution >= 4 is 0 Å². The molecule has 0 bridgehead atoms. The van der Waals surface area contributed by atoms with Gasteiger partial charge in [-0.1, -0.05) is 12.1 Å². The number of hydrogen-bond donors (Lipinski definition) is 1. The Morgan fingerprint density at radius 1 is 1.33 bits per heavy atom. The van der Waals surface area contributed by atoms with Gasteiger partial charge in [-0.3, -0.25) is 4.90 Å². The van der Waals surface area contributed by atoms with E-state index in [4.69, 9.17) is 10.5 Å². The number of nitrogens with two attached hydrogens (primary N) is 1. The topological polar surface area (TPSA) is 38.5 Å². The molecule has 0 saturated carbocycles. The average molecular weight is 248 g/mol. The quantitative estimate of drug-likeness (QED) is 0.866. The number of ether oxygens (including phenoxy) is 1. The summed E-state index contributed by atoms with van der Waals surface area (Å²) in [6.07, 6.45) is 2.47. The van der Waals surface area contributed by atoms with Crippen LogP contribution < -0.4 is 10.5 Å². The molecule has 2 rings (SSSR count). The fraction of sp³-hybridized carbons (Fsp3) is 0.600. The van der Waals surface area contributed by atoms with E-state index in [-0.39, 0.29) is 0 Å². The van der Waals surface area contributed by atoms with Gasteiger partial charge in [-0.05, 0) is 63.0 Å². The van der Waals surface area contributed by atoms with Crippen LogP contribution in [0, 0.1) is 12.8 Å². The summed E-state index contributed by atoms with van der Waals surface area (Å²) < 4.78 is 5.78. The minimum atomic E-state index is 0.735. The number of rotatable bonds is 5. The Hall–Kier alpha value is -1.06. The van der Waals surface area contributed by atoms with Gasteiger partial charge < -0.3 is 10.5 Å². The van der Waals surface area contributed by atoms with Crippen molar-refractivity contribution in [3.8, 4) is 5.75 Å². The molecular weight excluding hydrogens is 224 g/mol. The Morgan fingerprint density at radius 2 is 2.11 bits per heavy atom. The lowest BCUT2D eigenvalue weighted by atomic mass is 9.97. The standard InChI is InChI=1S/C15H24N2O/c1-13-3-2-4-15(11-13)18-10-9-17-7-5-14(12-16)6-8-17/h2-4,11,14H,5-10,12,16H2,1H3. The van der Waals surface area contributed by atoms with Crippen molar-refractivity contribution in [1.29, 1.82) is 0 Å². The molecular formula is C15H24N2O. The van der Waals surface area contributed by atoms with Crippen LogP contribution in [-0.4, -0.2) is 37.7 Å². The van der Waals surface area contributed by atoms with Crippen LogP contribution in [0.1, 0.15) is 18.4 Å². The van der Waals surface area contributed by atoms with Crippen LogP contribution in [0.4, 0.5) is 0 Å². The Kier molecular flexibility index (Phi) is 5.02. The summed E-state index contributed by atoms with van der Waals surface area (Å²) in [5.74, 6) is 1.71. The monoisotopic (exact) mass is 248 g/mol.